The number of nitrogens with two attached hydrogens (primary N) is 1. The van der Waals surface area contributed by atoms with Crippen molar-refractivity contribution in [1.29, 1.82) is 0 Å². The smallest absolute Gasteiger partial charge is 0.0247 e. The van der Waals surface area contributed by atoms with Gasteiger partial charge in [-0.05, 0) is 39.9 Å². The van der Waals surface area contributed by atoms with E-state index >= 15 is 0 Å². The van der Waals surface area contributed by atoms with Crippen molar-refractivity contribution in [3.8, 4) is 0 Å². The van der Waals surface area contributed by atoms with Crippen molar-refractivity contribution in [2.75, 3.05) is 33.7 Å². The van der Waals surface area contributed by atoms with Gasteiger partial charge in [0.15, 0.2) is 0 Å². The number of rotatable bonds is 6. The molecule has 1 aliphatic carbocycles. The number of hydrogen-bond donors (Lipinski definition) is 1. The van der Waals surface area contributed by atoms with Gasteiger partial charge in [-0.15, -0.1) is 0 Å². The van der Waals surface area contributed by atoms with Crippen molar-refractivity contribution in [3.63, 3.8) is 0 Å². The van der Waals surface area contributed by atoms with Gasteiger partial charge in [0.1, 0.15) is 0 Å². The Morgan fingerprint density at radius 2 is 1.71 bits per heavy atom. The predicted molar refractivity (Wildman–Crippen MR) is 75.3 cm³/mol. The van der Waals surface area contributed by atoms with Crippen LogP contribution in [-0.2, 0) is 0 Å². The molecule has 0 radical (unpaired) electrons. The molecule has 0 amide bonds. The van der Waals surface area contributed by atoms with E-state index in [1.807, 2.05) is 0 Å². The number of likely N-dealkylation sites (N-methyl/N-ethyl adjacent to an activating group) is 1. The summed E-state index contributed by atoms with van der Waals surface area (Å²) in [5, 5.41) is 0. The zero-order valence-electron chi connectivity index (χ0n) is 12.0. The Hall–Kier alpha value is -0.120. The molecule has 2 unspecified atom stereocenters. The summed E-state index contributed by atoms with van der Waals surface area (Å²) in [7, 11) is 4.30. The molecule has 0 heterocycles. The zero-order chi connectivity index (χ0) is 12.7. The number of nitrogens with zero attached hydrogens (tertiary/aromatic N) is 2. The minimum absolute atomic E-state index is 0.395. The first-order chi connectivity index (χ1) is 8.15. The summed E-state index contributed by atoms with van der Waals surface area (Å²) in [6.07, 6.45) is 7.81. The summed E-state index contributed by atoms with van der Waals surface area (Å²) in [5.74, 6) is 0. The fraction of sp³-hybridized carbons (Fsp3) is 1.00. The van der Waals surface area contributed by atoms with Crippen molar-refractivity contribution in [1.82, 2.24) is 9.80 Å². The van der Waals surface area contributed by atoms with Crippen LogP contribution in [0.3, 0.4) is 0 Å². The van der Waals surface area contributed by atoms with Crippen molar-refractivity contribution in [2.45, 2.75) is 57.5 Å². The van der Waals surface area contributed by atoms with E-state index in [-0.39, 0.29) is 0 Å². The third kappa shape index (κ3) is 5.36. The van der Waals surface area contributed by atoms with E-state index in [4.69, 9.17) is 5.73 Å². The van der Waals surface area contributed by atoms with Crippen LogP contribution >= 0.6 is 0 Å². The van der Waals surface area contributed by atoms with Gasteiger partial charge in [0, 0.05) is 25.2 Å². The molecular weight excluding hydrogens is 210 g/mol. The second-order valence-electron chi connectivity index (χ2n) is 5.71. The Morgan fingerprint density at radius 1 is 1.00 bits per heavy atom. The highest BCUT2D eigenvalue weighted by Crippen LogP contribution is 2.21. The van der Waals surface area contributed by atoms with Crippen LogP contribution in [0.4, 0.5) is 0 Å². The molecule has 1 saturated carbocycles. The summed E-state index contributed by atoms with van der Waals surface area (Å²) in [6.45, 7) is 5.78. The minimum Gasteiger partial charge on any atom is -0.326 e. The highest BCUT2D eigenvalue weighted by atomic mass is 15.2. The third-order valence-corrected chi connectivity index (χ3v) is 3.85. The summed E-state index contributed by atoms with van der Waals surface area (Å²) in [4.78, 5) is 4.90. The first kappa shape index (κ1) is 14.9. The SMILES string of the molecule is CCCN(CCN(C)C)C1CCCCCC1N. The Balaban J connectivity index is 2.52. The van der Waals surface area contributed by atoms with Gasteiger partial charge >= 0.3 is 0 Å². The molecule has 3 nitrogen and oxygen atoms in total. The van der Waals surface area contributed by atoms with Crippen LogP contribution in [0.25, 0.3) is 0 Å². The van der Waals surface area contributed by atoms with Gasteiger partial charge in [-0.3, -0.25) is 4.90 Å². The molecule has 1 rings (SSSR count). The average Bonchev–Trinajstić information content (AvgIpc) is 2.49. The van der Waals surface area contributed by atoms with E-state index in [2.05, 4.69) is 30.8 Å². The van der Waals surface area contributed by atoms with Gasteiger partial charge < -0.3 is 10.6 Å². The van der Waals surface area contributed by atoms with Crippen LogP contribution < -0.4 is 5.73 Å². The molecule has 0 bridgehead atoms. The molecular formula is C14H31N3. The monoisotopic (exact) mass is 241 g/mol. The third-order valence-electron chi connectivity index (χ3n) is 3.85. The second kappa shape index (κ2) is 8.06. The number of hydrogen-bond acceptors (Lipinski definition) is 3. The first-order valence-corrected chi connectivity index (χ1v) is 7.29. The zero-order valence-corrected chi connectivity index (χ0v) is 12.0. The van der Waals surface area contributed by atoms with E-state index < -0.39 is 0 Å². The highest BCUT2D eigenvalue weighted by Gasteiger charge is 2.25. The van der Waals surface area contributed by atoms with Gasteiger partial charge in [0.2, 0.25) is 0 Å². The lowest BCUT2D eigenvalue weighted by atomic mass is 10.0. The Labute approximate surface area is 107 Å². The standard InChI is InChI=1S/C14H31N3/c1-4-10-17(12-11-16(2)3)14-9-7-5-6-8-13(14)15/h13-14H,4-12,15H2,1-3H3. The molecule has 2 N–H and O–H groups in total. The molecule has 3 heteroatoms. The van der Waals surface area contributed by atoms with E-state index in [1.165, 1.54) is 51.6 Å². The molecule has 17 heavy (non-hydrogen) atoms. The molecule has 1 fully saturated rings. The van der Waals surface area contributed by atoms with Gasteiger partial charge in [-0.25, -0.2) is 0 Å². The quantitative estimate of drug-likeness (QED) is 0.721. The summed E-state index contributed by atoms with van der Waals surface area (Å²) >= 11 is 0. The highest BCUT2D eigenvalue weighted by molar-refractivity contribution is 4.84. The van der Waals surface area contributed by atoms with Gasteiger partial charge in [-0.2, -0.15) is 0 Å². The maximum absolute atomic E-state index is 6.36. The molecule has 0 saturated heterocycles. The molecule has 102 valence electrons. The summed E-state index contributed by atoms with van der Waals surface area (Å²) < 4.78 is 0. The minimum atomic E-state index is 0.395. The van der Waals surface area contributed by atoms with Crippen LogP contribution in [0.5, 0.6) is 0 Å². The van der Waals surface area contributed by atoms with E-state index in [0.29, 0.717) is 12.1 Å². The molecule has 2 atom stereocenters. The largest absolute Gasteiger partial charge is 0.326 e. The fourth-order valence-corrected chi connectivity index (χ4v) is 2.83. The van der Waals surface area contributed by atoms with E-state index in [0.717, 1.165) is 6.54 Å². The van der Waals surface area contributed by atoms with Crippen LogP contribution in [-0.4, -0.2) is 55.6 Å². The molecule has 0 aromatic heterocycles. The summed E-state index contributed by atoms with van der Waals surface area (Å²) in [6, 6.07) is 1.02. The Morgan fingerprint density at radius 3 is 2.35 bits per heavy atom. The van der Waals surface area contributed by atoms with Crippen LogP contribution in [0, 0.1) is 0 Å². The second-order valence-corrected chi connectivity index (χ2v) is 5.71. The maximum Gasteiger partial charge on any atom is 0.0247 e. The van der Waals surface area contributed by atoms with Crippen molar-refractivity contribution < 1.29 is 0 Å². The Kier molecular flexibility index (Phi) is 7.09. The van der Waals surface area contributed by atoms with Crippen molar-refractivity contribution in [2.24, 2.45) is 5.73 Å². The molecule has 0 aromatic rings. The van der Waals surface area contributed by atoms with Crippen molar-refractivity contribution >= 4 is 0 Å². The predicted octanol–water partition coefficient (Wildman–Crippen LogP) is 1.92. The molecule has 0 spiro atoms. The first-order valence-electron chi connectivity index (χ1n) is 7.29. The lowest BCUT2D eigenvalue weighted by molar-refractivity contribution is 0.149. The molecule has 0 aromatic carbocycles. The van der Waals surface area contributed by atoms with Crippen molar-refractivity contribution in [3.05, 3.63) is 0 Å². The van der Waals surface area contributed by atoms with Crippen LogP contribution in [0.15, 0.2) is 0 Å². The average molecular weight is 241 g/mol. The van der Waals surface area contributed by atoms with Gasteiger partial charge in [0.25, 0.3) is 0 Å². The Bertz CT molecular complexity index is 194. The van der Waals surface area contributed by atoms with Gasteiger partial charge in [0.05, 0.1) is 0 Å². The maximum atomic E-state index is 6.36. The van der Waals surface area contributed by atoms with Crippen LogP contribution in [0.1, 0.15) is 45.4 Å². The van der Waals surface area contributed by atoms with E-state index in [9.17, 15) is 0 Å². The topological polar surface area (TPSA) is 32.5 Å². The van der Waals surface area contributed by atoms with E-state index in [1.54, 1.807) is 0 Å². The lowest BCUT2D eigenvalue weighted by Gasteiger charge is -2.35. The lowest BCUT2D eigenvalue weighted by Crippen LogP contribution is -2.49. The fourth-order valence-electron chi connectivity index (χ4n) is 2.83. The normalized spacial score (nSPS) is 26.5. The molecule has 1 aliphatic rings. The van der Waals surface area contributed by atoms with Gasteiger partial charge in [-0.1, -0.05) is 26.2 Å². The van der Waals surface area contributed by atoms with Crippen LogP contribution in [0.2, 0.25) is 0 Å². The molecule has 0 aliphatic heterocycles. The summed E-state index contributed by atoms with van der Waals surface area (Å²) in [5.41, 5.74) is 6.36.